The first-order chi connectivity index (χ1) is 12.2. The maximum Gasteiger partial charge on any atom is 0.243 e. The van der Waals surface area contributed by atoms with Crippen LogP contribution >= 0.6 is 12.2 Å². The van der Waals surface area contributed by atoms with E-state index in [9.17, 15) is 8.42 Å². The number of rotatable bonds is 5. The highest BCUT2D eigenvalue weighted by molar-refractivity contribution is 7.89. The van der Waals surface area contributed by atoms with Gasteiger partial charge in [0, 0.05) is 39.8 Å². The Morgan fingerprint density at radius 3 is 2.15 bits per heavy atom. The lowest BCUT2D eigenvalue weighted by Crippen LogP contribution is -2.53. The van der Waals surface area contributed by atoms with Crippen molar-refractivity contribution in [1.29, 1.82) is 0 Å². The molecule has 0 bridgehead atoms. The van der Waals surface area contributed by atoms with E-state index in [4.69, 9.17) is 17.0 Å². The van der Waals surface area contributed by atoms with Crippen LogP contribution in [0.5, 0.6) is 0 Å². The van der Waals surface area contributed by atoms with Gasteiger partial charge in [0.25, 0.3) is 0 Å². The second-order valence-corrected chi connectivity index (χ2v) is 8.97. The number of ether oxygens (including phenoxy) is 1. The number of nitrogens with one attached hydrogen (secondary N) is 1. The van der Waals surface area contributed by atoms with E-state index in [1.807, 2.05) is 38.7 Å². The quantitative estimate of drug-likeness (QED) is 0.601. The predicted octanol–water partition coefficient (Wildman–Crippen LogP) is 1.75. The molecule has 0 spiro atoms. The molecule has 1 aliphatic heterocycles. The molecule has 1 saturated heterocycles. The molecule has 1 aromatic rings. The van der Waals surface area contributed by atoms with Crippen molar-refractivity contribution in [3.63, 3.8) is 0 Å². The number of hydrogen-bond donors (Lipinski definition) is 1. The molecule has 8 heteroatoms. The molecule has 1 N–H and O–H groups in total. The van der Waals surface area contributed by atoms with Crippen molar-refractivity contribution in [3.8, 4) is 0 Å². The van der Waals surface area contributed by atoms with Crippen LogP contribution in [0.3, 0.4) is 0 Å². The Morgan fingerprint density at radius 1 is 1.12 bits per heavy atom. The smallest absolute Gasteiger partial charge is 0.243 e. The van der Waals surface area contributed by atoms with Crippen molar-refractivity contribution in [1.82, 2.24) is 14.5 Å². The molecule has 0 amide bonds. The van der Waals surface area contributed by atoms with Crippen LogP contribution < -0.4 is 5.32 Å². The third-order valence-electron chi connectivity index (χ3n) is 5.00. The highest BCUT2D eigenvalue weighted by Crippen LogP contribution is 2.29. The van der Waals surface area contributed by atoms with Crippen molar-refractivity contribution in [2.45, 2.75) is 32.6 Å². The number of nitrogens with zero attached hydrogens (tertiary/aromatic N) is 2. The first-order valence-corrected chi connectivity index (χ1v) is 10.6. The largest absolute Gasteiger partial charge is 0.383 e. The normalized spacial score (nSPS) is 16.0. The molecule has 0 atom stereocenters. The molecule has 2 rings (SSSR count). The monoisotopic (exact) mass is 399 g/mol. The van der Waals surface area contributed by atoms with E-state index >= 15 is 0 Å². The minimum absolute atomic E-state index is 0.431. The SMILES string of the molecule is COCCNC(=S)N1CCN(S(=O)(=O)c2c(C)c(C)cc(C)c2C)CC1. The Balaban J connectivity index is 2.13. The van der Waals surface area contributed by atoms with E-state index in [1.54, 1.807) is 11.4 Å². The molecule has 26 heavy (non-hydrogen) atoms. The summed E-state index contributed by atoms with van der Waals surface area (Å²) in [6.45, 7) is 11.0. The molecule has 1 aromatic carbocycles. The molecule has 6 nitrogen and oxygen atoms in total. The number of thiocarbonyl (C=S) groups is 1. The third-order valence-corrected chi connectivity index (χ3v) is 7.58. The molecule has 0 unspecified atom stereocenters. The van der Waals surface area contributed by atoms with Crippen LogP contribution in [0, 0.1) is 27.7 Å². The summed E-state index contributed by atoms with van der Waals surface area (Å²) in [6.07, 6.45) is 0. The van der Waals surface area contributed by atoms with Crippen LogP contribution in [0.25, 0.3) is 0 Å². The van der Waals surface area contributed by atoms with Gasteiger partial charge in [-0.05, 0) is 62.2 Å². The van der Waals surface area contributed by atoms with E-state index in [0.29, 0.717) is 49.3 Å². The summed E-state index contributed by atoms with van der Waals surface area (Å²) in [5.74, 6) is 0. The maximum absolute atomic E-state index is 13.3. The van der Waals surface area contributed by atoms with Crippen molar-refractivity contribution >= 4 is 27.4 Å². The number of methoxy groups -OCH3 is 1. The van der Waals surface area contributed by atoms with Gasteiger partial charge in [-0.2, -0.15) is 4.31 Å². The van der Waals surface area contributed by atoms with Gasteiger partial charge in [-0.15, -0.1) is 0 Å². The van der Waals surface area contributed by atoms with Crippen LogP contribution in [-0.4, -0.2) is 69.2 Å². The van der Waals surface area contributed by atoms with Crippen LogP contribution in [0.2, 0.25) is 0 Å². The van der Waals surface area contributed by atoms with Gasteiger partial charge in [0.1, 0.15) is 0 Å². The van der Waals surface area contributed by atoms with Gasteiger partial charge in [0.15, 0.2) is 5.11 Å². The standard InChI is InChI=1S/C18H29N3O3S2/c1-13-12-14(2)16(4)17(15(13)3)26(22,23)21-9-7-20(8-10-21)18(25)19-6-11-24-5/h12H,6-11H2,1-5H3,(H,19,25). The molecule has 0 saturated carbocycles. The van der Waals surface area contributed by atoms with Crippen LogP contribution in [0.15, 0.2) is 11.0 Å². The molecular weight excluding hydrogens is 370 g/mol. The molecule has 1 fully saturated rings. The summed E-state index contributed by atoms with van der Waals surface area (Å²) in [5, 5.41) is 3.79. The zero-order valence-electron chi connectivity index (χ0n) is 16.3. The lowest BCUT2D eigenvalue weighted by molar-refractivity contribution is 0.201. The van der Waals surface area contributed by atoms with E-state index in [1.165, 1.54) is 0 Å². The van der Waals surface area contributed by atoms with Gasteiger partial charge >= 0.3 is 0 Å². The van der Waals surface area contributed by atoms with Crippen molar-refractivity contribution in [2.24, 2.45) is 0 Å². The average Bonchev–Trinajstić information content (AvgIpc) is 2.60. The van der Waals surface area contributed by atoms with Crippen molar-refractivity contribution < 1.29 is 13.2 Å². The topological polar surface area (TPSA) is 61.9 Å². The Hall–Kier alpha value is -1.22. The average molecular weight is 400 g/mol. The number of hydrogen-bond acceptors (Lipinski definition) is 4. The maximum atomic E-state index is 13.3. The summed E-state index contributed by atoms with van der Waals surface area (Å²) in [6, 6.07) is 2.05. The fourth-order valence-electron chi connectivity index (χ4n) is 3.20. The lowest BCUT2D eigenvalue weighted by atomic mass is 10.0. The predicted molar refractivity (Wildman–Crippen MR) is 108 cm³/mol. The van der Waals surface area contributed by atoms with Gasteiger partial charge in [0.2, 0.25) is 10.0 Å². The first-order valence-electron chi connectivity index (χ1n) is 8.79. The molecule has 0 aromatic heterocycles. The van der Waals surface area contributed by atoms with Gasteiger partial charge in [-0.3, -0.25) is 0 Å². The van der Waals surface area contributed by atoms with E-state index < -0.39 is 10.0 Å². The second kappa shape index (κ2) is 8.65. The van der Waals surface area contributed by atoms with E-state index in [2.05, 4.69) is 5.32 Å². The van der Waals surface area contributed by atoms with Gasteiger partial charge < -0.3 is 15.0 Å². The summed E-state index contributed by atoms with van der Waals surface area (Å²) in [7, 11) is -1.87. The molecule has 146 valence electrons. The van der Waals surface area contributed by atoms with Crippen molar-refractivity contribution in [3.05, 3.63) is 28.3 Å². The molecular formula is C18H29N3O3S2. The van der Waals surface area contributed by atoms with Gasteiger partial charge in [0.05, 0.1) is 11.5 Å². The Bertz CT molecular complexity index is 744. The zero-order chi connectivity index (χ0) is 19.5. The highest BCUT2D eigenvalue weighted by Gasteiger charge is 2.32. The highest BCUT2D eigenvalue weighted by atomic mass is 32.2. The fraction of sp³-hybridized carbons (Fsp3) is 0.611. The number of sulfonamides is 1. The van der Waals surface area contributed by atoms with Gasteiger partial charge in [-0.1, -0.05) is 6.07 Å². The van der Waals surface area contributed by atoms with Crippen LogP contribution in [0.4, 0.5) is 0 Å². The molecule has 1 aliphatic rings. The van der Waals surface area contributed by atoms with Gasteiger partial charge in [-0.25, -0.2) is 8.42 Å². The third kappa shape index (κ3) is 4.36. The summed E-state index contributed by atoms with van der Waals surface area (Å²) < 4.78 is 33.1. The number of benzene rings is 1. The molecule has 0 aliphatic carbocycles. The minimum Gasteiger partial charge on any atom is -0.383 e. The number of piperazine rings is 1. The Labute approximate surface area is 162 Å². The minimum atomic E-state index is -3.52. The van der Waals surface area contributed by atoms with Crippen molar-refractivity contribution in [2.75, 3.05) is 46.4 Å². The first kappa shape index (κ1) is 21.1. The van der Waals surface area contributed by atoms with E-state index in [-0.39, 0.29) is 0 Å². The lowest BCUT2D eigenvalue weighted by Gasteiger charge is -2.36. The molecule has 1 heterocycles. The van der Waals surface area contributed by atoms with Crippen LogP contribution in [0.1, 0.15) is 22.3 Å². The van der Waals surface area contributed by atoms with Crippen LogP contribution in [-0.2, 0) is 14.8 Å². The summed E-state index contributed by atoms with van der Waals surface area (Å²) in [4.78, 5) is 2.47. The fourth-order valence-corrected chi connectivity index (χ4v) is 5.48. The molecule has 0 radical (unpaired) electrons. The van der Waals surface area contributed by atoms with E-state index in [0.717, 1.165) is 22.3 Å². The Kier molecular flexibility index (Phi) is 7.01. The summed E-state index contributed by atoms with van der Waals surface area (Å²) in [5.41, 5.74) is 3.70. The Morgan fingerprint density at radius 2 is 1.65 bits per heavy atom. The zero-order valence-corrected chi connectivity index (χ0v) is 17.9. The number of aryl methyl sites for hydroxylation is 2. The summed E-state index contributed by atoms with van der Waals surface area (Å²) >= 11 is 5.38. The second-order valence-electron chi connectivity index (χ2n) is 6.71.